The van der Waals surface area contributed by atoms with Crippen LogP contribution in [0.25, 0.3) is 0 Å². The monoisotopic (exact) mass is 494 g/mol. The second-order valence-electron chi connectivity index (χ2n) is 9.18. The normalized spacial score (nSPS) is 21.2. The molecular formula is C26H30N4O4S. The maximum atomic E-state index is 13.0. The summed E-state index contributed by atoms with van der Waals surface area (Å²) in [5, 5.41) is 2.34. The summed E-state index contributed by atoms with van der Waals surface area (Å²) in [6.45, 7) is 6.01. The number of ether oxygens (including phenoxy) is 1. The van der Waals surface area contributed by atoms with Gasteiger partial charge in [-0.05, 0) is 35.9 Å². The Balaban J connectivity index is 1.19. The molecule has 2 aromatic rings. The van der Waals surface area contributed by atoms with Crippen molar-refractivity contribution in [3.63, 3.8) is 0 Å². The predicted octanol–water partition coefficient (Wildman–Crippen LogP) is 2.42. The number of nitrogens with one attached hydrogen (secondary N) is 1. The summed E-state index contributed by atoms with van der Waals surface area (Å²) in [5.74, 6) is -0.233. The molecule has 35 heavy (non-hydrogen) atoms. The van der Waals surface area contributed by atoms with Crippen LogP contribution in [0.5, 0.6) is 5.75 Å². The molecule has 3 aliphatic rings. The Morgan fingerprint density at radius 3 is 2.46 bits per heavy atom. The molecule has 3 aliphatic heterocycles. The molecule has 5 rings (SSSR count). The first-order valence-electron chi connectivity index (χ1n) is 12.0. The van der Waals surface area contributed by atoms with Crippen LogP contribution in [0.15, 0.2) is 42.5 Å². The molecule has 1 N–H and O–H groups in total. The smallest absolute Gasteiger partial charge is 0.255 e. The molecule has 2 fully saturated rings. The second-order valence-corrected chi connectivity index (χ2v) is 10.1. The van der Waals surface area contributed by atoms with E-state index in [-0.39, 0.29) is 18.2 Å². The second kappa shape index (κ2) is 10.4. The Morgan fingerprint density at radius 1 is 1.00 bits per heavy atom. The number of piperidine rings is 1. The molecule has 2 aromatic carbocycles. The van der Waals surface area contributed by atoms with Gasteiger partial charge in [-0.1, -0.05) is 42.3 Å². The Kier molecular flexibility index (Phi) is 7.08. The first-order chi connectivity index (χ1) is 17.0. The van der Waals surface area contributed by atoms with Crippen LogP contribution in [0.3, 0.4) is 0 Å². The maximum absolute atomic E-state index is 13.0. The van der Waals surface area contributed by atoms with Crippen LogP contribution < -0.4 is 10.1 Å². The molecule has 184 valence electrons. The van der Waals surface area contributed by atoms with Crippen molar-refractivity contribution in [2.75, 3.05) is 32.4 Å². The summed E-state index contributed by atoms with van der Waals surface area (Å²) in [5.41, 5.74) is 3.70. The van der Waals surface area contributed by atoms with Gasteiger partial charge in [0, 0.05) is 50.3 Å². The van der Waals surface area contributed by atoms with E-state index in [4.69, 9.17) is 4.74 Å². The number of benzene rings is 2. The van der Waals surface area contributed by atoms with E-state index in [1.807, 2.05) is 18.0 Å². The van der Waals surface area contributed by atoms with Gasteiger partial charge in [0.05, 0.1) is 6.54 Å². The standard InChI is InChI=1S/C26H30N4O4S/c1-35-29-13-11-28(12-14-29)15-18-5-7-19(8-6-18)17-34-23-4-2-3-20-21(23)16-30(26(20)33)22-9-10-24(31)27-25(22)32/h2-8,22H,9-17H2,1H3,(H,27,31,32). The highest BCUT2D eigenvalue weighted by Gasteiger charge is 2.40. The minimum atomic E-state index is -0.628. The van der Waals surface area contributed by atoms with Crippen molar-refractivity contribution in [2.24, 2.45) is 0 Å². The Morgan fingerprint density at radius 2 is 1.74 bits per heavy atom. The fourth-order valence-electron chi connectivity index (χ4n) is 4.92. The van der Waals surface area contributed by atoms with E-state index < -0.39 is 11.9 Å². The van der Waals surface area contributed by atoms with Crippen LogP contribution in [-0.4, -0.2) is 70.3 Å². The third-order valence-corrected chi connectivity index (χ3v) is 7.83. The molecule has 0 bridgehead atoms. The lowest BCUT2D eigenvalue weighted by Crippen LogP contribution is -2.52. The van der Waals surface area contributed by atoms with Crippen LogP contribution >= 0.6 is 11.9 Å². The third-order valence-electron chi connectivity index (χ3n) is 6.95. The lowest BCUT2D eigenvalue weighted by molar-refractivity contribution is -0.136. The van der Waals surface area contributed by atoms with Gasteiger partial charge in [0.25, 0.3) is 5.91 Å². The molecule has 0 aliphatic carbocycles. The highest BCUT2D eigenvalue weighted by molar-refractivity contribution is 7.96. The van der Waals surface area contributed by atoms with E-state index in [9.17, 15) is 14.4 Å². The maximum Gasteiger partial charge on any atom is 0.255 e. The van der Waals surface area contributed by atoms with Gasteiger partial charge in [0.2, 0.25) is 11.8 Å². The molecule has 0 saturated carbocycles. The number of hydrogen-bond donors (Lipinski definition) is 1. The average molecular weight is 495 g/mol. The molecule has 1 atom stereocenters. The molecule has 8 nitrogen and oxygen atoms in total. The number of fused-ring (bicyclic) bond motifs is 1. The number of piperazine rings is 1. The summed E-state index contributed by atoms with van der Waals surface area (Å²) in [4.78, 5) is 40.8. The van der Waals surface area contributed by atoms with Crippen LogP contribution in [0, 0.1) is 0 Å². The highest BCUT2D eigenvalue weighted by atomic mass is 32.2. The minimum absolute atomic E-state index is 0.192. The van der Waals surface area contributed by atoms with Crippen molar-refractivity contribution < 1.29 is 19.1 Å². The van der Waals surface area contributed by atoms with Crippen molar-refractivity contribution in [3.05, 3.63) is 64.7 Å². The van der Waals surface area contributed by atoms with E-state index in [0.717, 1.165) is 43.9 Å². The Labute approximate surface area is 209 Å². The van der Waals surface area contributed by atoms with Gasteiger partial charge in [0.15, 0.2) is 0 Å². The van der Waals surface area contributed by atoms with Crippen molar-refractivity contribution in [1.29, 1.82) is 0 Å². The number of amides is 3. The SMILES string of the molecule is CSN1CCN(Cc2ccc(COc3cccc4c3CN(C3CCC(=O)NC3=O)C4=O)cc2)CC1. The van der Waals surface area contributed by atoms with Gasteiger partial charge in [-0.25, -0.2) is 4.31 Å². The van der Waals surface area contributed by atoms with Crippen molar-refractivity contribution in [2.45, 2.75) is 38.6 Å². The summed E-state index contributed by atoms with van der Waals surface area (Å²) in [6.07, 6.45) is 2.72. The van der Waals surface area contributed by atoms with Gasteiger partial charge >= 0.3 is 0 Å². The number of rotatable bonds is 7. The first-order valence-corrected chi connectivity index (χ1v) is 13.2. The highest BCUT2D eigenvalue weighted by Crippen LogP contribution is 2.34. The van der Waals surface area contributed by atoms with E-state index in [2.05, 4.69) is 45.0 Å². The predicted molar refractivity (Wildman–Crippen MR) is 134 cm³/mol. The van der Waals surface area contributed by atoms with Crippen LogP contribution in [0.2, 0.25) is 0 Å². The topological polar surface area (TPSA) is 82.2 Å². The van der Waals surface area contributed by atoms with E-state index in [0.29, 0.717) is 30.9 Å². The molecule has 0 radical (unpaired) electrons. The zero-order chi connectivity index (χ0) is 24.4. The molecule has 0 spiro atoms. The van der Waals surface area contributed by atoms with Gasteiger partial charge < -0.3 is 9.64 Å². The van der Waals surface area contributed by atoms with Crippen LogP contribution in [-0.2, 0) is 29.3 Å². The van der Waals surface area contributed by atoms with Gasteiger partial charge in [0.1, 0.15) is 18.4 Å². The summed E-state index contributed by atoms with van der Waals surface area (Å²) in [7, 11) is 0. The minimum Gasteiger partial charge on any atom is -0.489 e. The first kappa shape index (κ1) is 23.8. The lowest BCUT2D eigenvalue weighted by atomic mass is 10.0. The molecule has 0 aromatic heterocycles. The third kappa shape index (κ3) is 5.22. The number of hydrogen-bond acceptors (Lipinski definition) is 7. The van der Waals surface area contributed by atoms with Crippen molar-refractivity contribution >= 4 is 29.7 Å². The molecule has 3 heterocycles. The number of nitrogens with zero attached hydrogens (tertiary/aromatic N) is 3. The number of carbonyl (C=O) groups excluding carboxylic acids is 3. The van der Waals surface area contributed by atoms with E-state index >= 15 is 0 Å². The van der Waals surface area contributed by atoms with Crippen molar-refractivity contribution in [1.82, 2.24) is 19.4 Å². The molecule has 1 unspecified atom stereocenters. The summed E-state index contributed by atoms with van der Waals surface area (Å²) < 4.78 is 8.52. The lowest BCUT2D eigenvalue weighted by Gasteiger charge is -2.33. The van der Waals surface area contributed by atoms with Crippen LogP contribution in [0.4, 0.5) is 0 Å². The fraction of sp³-hybridized carbons (Fsp3) is 0.423. The van der Waals surface area contributed by atoms with Gasteiger partial charge in [-0.15, -0.1) is 0 Å². The van der Waals surface area contributed by atoms with Crippen molar-refractivity contribution in [3.8, 4) is 5.75 Å². The zero-order valence-electron chi connectivity index (χ0n) is 19.9. The quantitative estimate of drug-likeness (QED) is 0.468. The summed E-state index contributed by atoms with van der Waals surface area (Å²) >= 11 is 1.82. The Hall–Kier alpha value is -2.88. The zero-order valence-corrected chi connectivity index (χ0v) is 20.7. The van der Waals surface area contributed by atoms with Gasteiger partial charge in [-0.3, -0.25) is 24.6 Å². The Bertz CT molecular complexity index is 1110. The van der Waals surface area contributed by atoms with Crippen LogP contribution in [0.1, 0.15) is 39.9 Å². The molecule has 9 heteroatoms. The number of imide groups is 1. The molecular weight excluding hydrogens is 464 g/mol. The number of carbonyl (C=O) groups is 3. The van der Waals surface area contributed by atoms with E-state index in [1.165, 1.54) is 5.56 Å². The summed E-state index contributed by atoms with van der Waals surface area (Å²) in [6, 6.07) is 13.3. The fourth-order valence-corrected chi connectivity index (χ4v) is 5.45. The largest absolute Gasteiger partial charge is 0.489 e. The molecule has 3 amide bonds. The van der Waals surface area contributed by atoms with E-state index in [1.54, 1.807) is 17.0 Å². The van der Waals surface area contributed by atoms with Gasteiger partial charge in [-0.2, -0.15) is 0 Å². The average Bonchev–Trinajstić information content (AvgIpc) is 3.21. The molecule has 2 saturated heterocycles.